The molecule has 11 heteroatoms. The van der Waals surface area contributed by atoms with Gasteiger partial charge in [-0.1, -0.05) is 38.3 Å². The van der Waals surface area contributed by atoms with Crippen molar-refractivity contribution in [2.75, 3.05) is 24.7 Å². The van der Waals surface area contributed by atoms with E-state index in [0.717, 1.165) is 53.7 Å². The summed E-state index contributed by atoms with van der Waals surface area (Å²) in [5.41, 5.74) is 6.63. The lowest BCUT2D eigenvalue weighted by Crippen LogP contribution is -2.46. The summed E-state index contributed by atoms with van der Waals surface area (Å²) in [6.07, 6.45) is 8.14. The maximum Gasteiger partial charge on any atom is 0.427 e. The van der Waals surface area contributed by atoms with Crippen LogP contribution in [0.15, 0.2) is 24.5 Å². The molecule has 38 heavy (non-hydrogen) atoms. The standard InChI is InChI=1S/C27H34ClN7O3/c1-3-20-15-37-9-8-34(20)26-31-21-11-22(25-32-27(36)38-33-25)30-23(18-10-19(28)13-29-12-18)24(21)35(26)14-17-6-4-16(2)5-7-17/h10-13,16-17,20,25,33H,3-9,14-15H2,1-2H3,(H,32,36). The highest BCUT2D eigenvalue weighted by molar-refractivity contribution is 6.30. The Hall–Kier alpha value is -2.95. The van der Waals surface area contributed by atoms with Crippen LogP contribution in [-0.4, -0.2) is 51.4 Å². The molecule has 2 atom stereocenters. The van der Waals surface area contributed by atoms with Crippen LogP contribution < -0.4 is 15.7 Å². The third-order valence-electron chi connectivity index (χ3n) is 8.06. The van der Waals surface area contributed by atoms with E-state index in [2.05, 4.69) is 39.1 Å². The number of anilines is 1. The van der Waals surface area contributed by atoms with Crippen LogP contribution in [0.25, 0.3) is 22.3 Å². The van der Waals surface area contributed by atoms with Crippen molar-refractivity contribution in [3.63, 3.8) is 0 Å². The summed E-state index contributed by atoms with van der Waals surface area (Å²) >= 11 is 6.38. The lowest BCUT2D eigenvalue weighted by atomic mass is 9.83. The Morgan fingerprint density at radius 2 is 2.00 bits per heavy atom. The smallest absolute Gasteiger partial charge is 0.377 e. The van der Waals surface area contributed by atoms with Crippen molar-refractivity contribution in [3.05, 3.63) is 35.2 Å². The fourth-order valence-electron chi connectivity index (χ4n) is 5.90. The van der Waals surface area contributed by atoms with Gasteiger partial charge in [0, 0.05) is 31.0 Å². The van der Waals surface area contributed by atoms with Crippen LogP contribution in [0.4, 0.5) is 10.7 Å². The Morgan fingerprint density at radius 1 is 1.16 bits per heavy atom. The zero-order valence-corrected chi connectivity index (χ0v) is 22.6. The minimum atomic E-state index is -0.585. The van der Waals surface area contributed by atoms with Gasteiger partial charge in [0.05, 0.1) is 46.7 Å². The van der Waals surface area contributed by atoms with Crippen LogP contribution in [0.1, 0.15) is 57.8 Å². The number of pyridine rings is 2. The highest BCUT2D eigenvalue weighted by Gasteiger charge is 2.32. The lowest BCUT2D eigenvalue weighted by molar-refractivity contribution is 0.0916. The van der Waals surface area contributed by atoms with Crippen LogP contribution in [0.3, 0.4) is 0 Å². The zero-order valence-electron chi connectivity index (χ0n) is 21.8. The average molecular weight is 540 g/mol. The van der Waals surface area contributed by atoms with Crippen LogP contribution in [0, 0.1) is 11.8 Å². The fraction of sp³-hybridized carbons (Fsp3) is 0.556. The summed E-state index contributed by atoms with van der Waals surface area (Å²) < 4.78 is 8.20. The van der Waals surface area contributed by atoms with E-state index in [0.29, 0.717) is 29.8 Å². The van der Waals surface area contributed by atoms with Gasteiger partial charge in [-0.3, -0.25) is 10.3 Å². The van der Waals surface area contributed by atoms with E-state index >= 15 is 0 Å². The Bertz CT molecular complexity index is 1320. The molecule has 6 rings (SSSR count). The molecule has 2 unspecified atom stereocenters. The highest BCUT2D eigenvalue weighted by atomic mass is 35.5. The lowest BCUT2D eigenvalue weighted by Gasteiger charge is -2.37. The van der Waals surface area contributed by atoms with Crippen LogP contribution in [-0.2, 0) is 16.1 Å². The van der Waals surface area contributed by atoms with E-state index in [-0.39, 0.29) is 6.04 Å². The first-order chi connectivity index (χ1) is 18.5. The number of hydrogen-bond acceptors (Lipinski definition) is 8. The molecule has 1 aliphatic carbocycles. The molecule has 0 spiro atoms. The van der Waals surface area contributed by atoms with Gasteiger partial charge in [0.1, 0.15) is 0 Å². The number of amides is 1. The first-order valence-corrected chi connectivity index (χ1v) is 14.0. The molecule has 5 heterocycles. The van der Waals surface area contributed by atoms with Crippen molar-refractivity contribution in [1.29, 1.82) is 0 Å². The first-order valence-electron chi connectivity index (χ1n) is 13.6. The second-order valence-corrected chi connectivity index (χ2v) is 11.2. The quantitative estimate of drug-likeness (QED) is 0.458. The van der Waals surface area contributed by atoms with Crippen molar-refractivity contribution >= 4 is 34.7 Å². The molecule has 2 N–H and O–H groups in total. The van der Waals surface area contributed by atoms with Crippen molar-refractivity contribution in [3.8, 4) is 11.3 Å². The molecule has 3 fully saturated rings. The molecule has 1 saturated carbocycles. The first kappa shape index (κ1) is 25.3. The Labute approximate surface area is 227 Å². The summed E-state index contributed by atoms with van der Waals surface area (Å²) in [7, 11) is 0. The molecule has 0 bridgehead atoms. The molecule has 1 amide bonds. The SMILES string of the molecule is CCC1COCCN1c1nc2cc(C3NOC(=O)N3)nc(-c3cncc(Cl)c3)c2n1CC1CCC(C)CC1. The number of morpholine rings is 1. The monoisotopic (exact) mass is 539 g/mol. The van der Waals surface area contributed by atoms with Gasteiger partial charge in [0.2, 0.25) is 5.95 Å². The van der Waals surface area contributed by atoms with E-state index in [1.165, 1.54) is 25.7 Å². The number of rotatable bonds is 6. The van der Waals surface area contributed by atoms with Crippen molar-refractivity contribution in [1.82, 2.24) is 30.3 Å². The Balaban J connectivity index is 1.54. The van der Waals surface area contributed by atoms with E-state index in [4.69, 9.17) is 31.1 Å². The van der Waals surface area contributed by atoms with Crippen molar-refractivity contribution in [2.45, 2.75) is 64.7 Å². The number of hydrogen-bond donors (Lipinski definition) is 2. The molecule has 0 aromatic carbocycles. The number of carbonyl (C=O) groups is 1. The number of aromatic nitrogens is 4. The van der Waals surface area contributed by atoms with Crippen LogP contribution in [0.2, 0.25) is 5.02 Å². The Kier molecular flexibility index (Phi) is 7.11. The Morgan fingerprint density at radius 3 is 2.74 bits per heavy atom. The van der Waals surface area contributed by atoms with E-state index < -0.39 is 12.3 Å². The number of nitrogens with one attached hydrogen (secondary N) is 2. The molecule has 10 nitrogen and oxygen atoms in total. The number of hydroxylamine groups is 1. The number of carbonyl (C=O) groups excluding carboxylic acids is 1. The van der Waals surface area contributed by atoms with Crippen molar-refractivity contribution < 1.29 is 14.4 Å². The van der Waals surface area contributed by atoms with Gasteiger partial charge in [-0.05, 0) is 43.2 Å². The largest absolute Gasteiger partial charge is 0.427 e. The number of nitrogens with zero attached hydrogens (tertiary/aromatic N) is 5. The van der Waals surface area contributed by atoms with Gasteiger partial charge < -0.3 is 19.0 Å². The normalized spacial score (nSPS) is 26.0. The zero-order chi connectivity index (χ0) is 26.2. The minimum absolute atomic E-state index is 0.249. The number of halogens is 1. The predicted molar refractivity (Wildman–Crippen MR) is 145 cm³/mol. The summed E-state index contributed by atoms with van der Waals surface area (Å²) in [4.78, 5) is 33.7. The second-order valence-electron chi connectivity index (χ2n) is 10.7. The molecule has 3 aromatic heterocycles. The third-order valence-corrected chi connectivity index (χ3v) is 8.27. The summed E-state index contributed by atoms with van der Waals surface area (Å²) in [6, 6.07) is 4.06. The van der Waals surface area contributed by atoms with Gasteiger partial charge in [0.15, 0.2) is 6.17 Å². The van der Waals surface area contributed by atoms with E-state index in [1.807, 2.05) is 12.1 Å². The fourth-order valence-corrected chi connectivity index (χ4v) is 6.07. The summed E-state index contributed by atoms with van der Waals surface area (Å²) in [5.74, 6) is 2.30. The number of ether oxygens (including phenoxy) is 1. The molecule has 0 radical (unpaired) electrons. The topological polar surface area (TPSA) is 106 Å². The molecular formula is C27H34ClN7O3. The van der Waals surface area contributed by atoms with Gasteiger partial charge in [0.25, 0.3) is 0 Å². The van der Waals surface area contributed by atoms with Gasteiger partial charge in [-0.15, -0.1) is 5.48 Å². The number of imidazole rings is 1. The van der Waals surface area contributed by atoms with Gasteiger partial charge in [-0.25, -0.2) is 14.8 Å². The van der Waals surface area contributed by atoms with Crippen LogP contribution >= 0.6 is 11.6 Å². The maximum absolute atomic E-state index is 11.8. The van der Waals surface area contributed by atoms with E-state index in [1.54, 1.807) is 12.4 Å². The summed E-state index contributed by atoms with van der Waals surface area (Å²) in [6.45, 7) is 7.55. The highest BCUT2D eigenvalue weighted by Crippen LogP contribution is 2.37. The molecule has 2 saturated heterocycles. The molecule has 2 aliphatic heterocycles. The van der Waals surface area contributed by atoms with Crippen LogP contribution in [0.5, 0.6) is 0 Å². The van der Waals surface area contributed by atoms with Gasteiger partial charge in [-0.2, -0.15) is 0 Å². The van der Waals surface area contributed by atoms with E-state index in [9.17, 15) is 4.79 Å². The molecule has 202 valence electrons. The summed E-state index contributed by atoms with van der Waals surface area (Å²) in [5, 5.41) is 3.29. The number of fused-ring (bicyclic) bond motifs is 1. The average Bonchev–Trinajstić information content (AvgIpc) is 3.53. The second kappa shape index (κ2) is 10.7. The van der Waals surface area contributed by atoms with Crippen molar-refractivity contribution in [2.24, 2.45) is 11.8 Å². The predicted octanol–water partition coefficient (Wildman–Crippen LogP) is 4.83. The molecule has 3 aliphatic rings. The third kappa shape index (κ3) is 4.92. The molecular weight excluding hydrogens is 506 g/mol. The van der Waals surface area contributed by atoms with Gasteiger partial charge >= 0.3 is 6.09 Å². The molecule has 3 aromatic rings. The minimum Gasteiger partial charge on any atom is -0.377 e. The maximum atomic E-state index is 11.8.